The lowest BCUT2D eigenvalue weighted by molar-refractivity contribution is -0.142. The first-order valence-electron chi connectivity index (χ1n) is 6.70. The summed E-state index contributed by atoms with van der Waals surface area (Å²) < 4.78 is 4.18. The highest BCUT2D eigenvalue weighted by Gasteiger charge is 2.28. The van der Waals surface area contributed by atoms with Crippen molar-refractivity contribution in [1.82, 2.24) is 9.69 Å². The molecule has 0 atom stereocenters. The zero-order chi connectivity index (χ0) is 14.7. The second-order valence-electron chi connectivity index (χ2n) is 5.08. The van der Waals surface area contributed by atoms with Crippen LogP contribution >= 0.6 is 11.5 Å². The molecule has 0 radical (unpaired) electrons. The van der Waals surface area contributed by atoms with Crippen molar-refractivity contribution in [3.63, 3.8) is 0 Å². The number of carboxylic acid groups (broad SMARTS) is 1. The highest BCUT2D eigenvalue weighted by Crippen LogP contribution is 2.27. The number of carboxylic acids is 1. The van der Waals surface area contributed by atoms with Crippen molar-refractivity contribution in [3.05, 3.63) is 11.3 Å². The molecule has 110 valence electrons. The molecule has 1 aliphatic rings. The van der Waals surface area contributed by atoms with Crippen LogP contribution in [0.25, 0.3) is 0 Å². The molecule has 0 unspecified atom stereocenters. The molecule has 0 saturated heterocycles. The molecule has 1 aromatic rings. The van der Waals surface area contributed by atoms with Crippen LogP contribution in [-0.4, -0.2) is 34.4 Å². The third kappa shape index (κ3) is 3.09. The summed E-state index contributed by atoms with van der Waals surface area (Å²) >= 11 is 1.27. The van der Waals surface area contributed by atoms with E-state index in [0.29, 0.717) is 31.2 Å². The van der Waals surface area contributed by atoms with Gasteiger partial charge < -0.3 is 15.7 Å². The maximum atomic E-state index is 12.3. The maximum Gasteiger partial charge on any atom is 0.306 e. The Kier molecular flexibility index (Phi) is 4.59. The number of amides is 1. The summed E-state index contributed by atoms with van der Waals surface area (Å²) in [5, 5.41) is 15.7. The van der Waals surface area contributed by atoms with Crippen molar-refractivity contribution in [2.45, 2.75) is 38.6 Å². The van der Waals surface area contributed by atoms with Gasteiger partial charge in [-0.1, -0.05) is 0 Å². The van der Waals surface area contributed by atoms with Gasteiger partial charge in [-0.15, -0.1) is 0 Å². The Morgan fingerprint density at radius 3 is 2.50 bits per heavy atom. The Labute approximate surface area is 121 Å². The van der Waals surface area contributed by atoms with Gasteiger partial charge in [0.05, 0.1) is 17.2 Å². The van der Waals surface area contributed by atoms with Crippen LogP contribution in [0.5, 0.6) is 0 Å². The van der Waals surface area contributed by atoms with E-state index in [0.717, 1.165) is 10.7 Å². The zero-order valence-electron chi connectivity index (χ0n) is 11.6. The molecule has 0 bridgehead atoms. The number of nitrogens with one attached hydrogen (secondary N) is 2. The van der Waals surface area contributed by atoms with Crippen molar-refractivity contribution in [3.8, 4) is 0 Å². The van der Waals surface area contributed by atoms with E-state index < -0.39 is 5.97 Å². The molecule has 1 saturated carbocycles. The third-order valence-electron chi connectivity index (χ3n) is 3.73. The van der Waals surface area contributed by atoms with Crippen LogP contribution in [0.15, 0.2) is 0 Å². The average Bonchev–Trinajstić information content (AvgIpc) is 2.80. The number of carbonyl (C=O) groups is 2. The maximum absolute atomic E-state index is 12.3. The predicted molar refractivity (Wildman–Crippen MR) is 77.2 cm³/mol. The summed E-state index contributed by atoms with van der Waals surface area (Å²) in [6.07, 6.45) is 2.68. The lowest BCUT2D eigenvalue weighted by Crippen LogP contribution is -2.39. The standard InChI is InChI=1S/C13H19N3O3S/c1-7-10(12(14-2)20-16-7)11(17)15-9-5-3-8(4-6-9)13(18)19/h8-9,14H,3-6H2,1-2H3,(H,15,17)(H,18,19). The molecule has 7 heteroatoms. The van der Waals surface area contributed by atoms with Gasteiger partial charge >= 0.3 is 5.97 Å². The number of aryl methyl sites for hydroxylation is 1. The molecule has 6 nitrogen and oxygen atoms in total. The lowest BCUT2D eigenvalue weighted by atomic mass is 9.86. The number of aliphatic carboxylic acids is 1. The second-order valence-corrected chi connectivity index (χ2v) is 5.86. The second kappa shape index (κ2) is 6.21. The molecule has 1 fully saturated rings. The summed E-state index contributed by atoms with van der Waals surface area (Å²) in [7, 11) is 1.77. The van der Waals surface area contributed by atoms with Gasteiger partial charge in [0.1, 0.15) is 5.00 Å². The number of anilines is 1. The van der Waals surface area contributed by atoms with Crippen LogP contribution in [0.4, 0.5) is 5.00 Å². The van der Waals surface area contributed by atoms with Crippen molar-refractivity contribution >= 4 is 28.4 Å². The van der Waals surface area contributed by atoms with Gasteiger partial charge in [0.25, 0.3) is 5.91 Å². The first-order chi connectivity index (χ1) is 9.52. The topological polar surface area (TPSA) is 91.3 Å². The van der Waals surface area contributed by atoms with E-state index in [2.05, 4.69) is 15.0 Å². The predicted octanol–water partition coefficient (Wildman–Crippen LogP) is 1.87. The Morgan fingerprint density at radius 1 is 1.30 bits per heavy atom. The Balaban J connectivity index is 1.96. The van der Waals surface area contributed by atoms with Crippen LogP contribution < -0.4 is 10.6 Å². The van der Waals surface area contributed by atoms with E-state index in [1.165, 1.54) is 11.5 Å². The quantitative estimate of drug-likeness (QED) is 0.789. The average molecular weight is 297 g/mol. The smallest absolute Gasteiger partial charge is 0.306 e. The van der Waals surface area contributed by atoms with Crippen molar-refractivity contribution in [2.24, 2.45) is 5.92 Å². The minimum atomic E-state index is -0.731. The first kappa shape index (κ1) is 14.8. The van der Waals surface area contributed by atoms with E-state index >= 15 is 0 Å². The Hall–Kier alpha value is -1.63. The lowest BCUT2D eigenvalue weighted by Gasteiger charge is -2.26. The normalized spacial score (nSPS) is 22.3. The molecule has 1 heterocycles. The summed E-state index contributed by atoms with van der Waals surface area (Å²) in [6, 6.07) is 0.0575. The molecule has 0 aromatic carbocycles. The van der Waals surface area contributed by atoms with Gasteiger partial charge in [-0.3, -0.25) is 9.59 Å². The molecule has 1 aliphatic carbocycles. The first-order valence-corrected chi connectivity index (χ1v) is 7.48. The van der Waals surface area contributed by atoms with Gasteiger partial charge in [-0.05, 0) is 44.1 Å². The number of carbonyl (C=O) groups excluding carboxylic acids is 1. The molecular weight excluding hydrogens is 278 g/mol. The summed E-state index contributed by atoms with van der Waals surface area (Å²) in [5.41, 5.74) is 1.31. The largest absolute Gasteiger partial charge is 0.481 e. The molecule has 0 aliphatic heterocycles. The minimum absolute atomic E-state index is 0.0575. The summed E-state index contributed by atoms with van der Waals surface area (Å²) in [6.45, 7) is 1.81. The number of hydrogen-bond donors (Lipinski definition) is 3. The fourth-order valence-electron chi connectivity index (χ4n) is 2.55. The Morgan fingerprint density at radius 2 is 1.95 bits per heavy atom. The molecule has 20 heavy (non-hydrogen) atoms. The van der Waals surface area contributed by atoms with Gasteiger partial charge in [-0.25, -0.2) is 0 Å². The molecular formula is C13H19N3O3S. The highest BCUT2D eigenvalue weighted by atomic mass is 32.1. The van der Waals surface area contributed by atoms with Gasteiger partial charge in [0, 0.05) is 13.1 Å². The monoisotopic (exact) mass is 297 g/mol. The highest BCUT2D eigenvalue weighted by molar-refractivity contribution is 7.10. The molecule has 2 rings (SSSR count). The van der Waals surface area contributed by atoms with E-state index in [-0.39, 0.29) is 17.9 Å². The fourth-order valence-corrected chi connectivity index (χ4v) is 3.29. The van der Waals surface area contributed by atoms with Crippen LogP contribution in [-0.2, 0) is 4.79 Å². The molecule has 1 amide bonds. The van der Waals surface area contributed by atoms with Crippen LogP contribution in [0, 0.1) is 12.8 Å². The number of hydrogen-bond acceptors (Lipinski definition) is 5. The molecule has 0 spiro atoms. The molecule has 3 N–H and O–H groups in total. The van der Waals surface area contributed by atoms with Crippen molar-refractivity contribution in [1.29, 1.82) is 0 Å². The van der Waals surface area contributed by atoms with Crippen LogP contribution in [0.3, 0.4) is 0 Å². The minimum Gasteiger partial charge on any atom is -0.481 e. The fraction of sp³-hybridized carbons (Fsp3) is 0.615. The van der Waals surface area contributed by atoms with Crippen molar-refractivity contribution < 1.29 is 14.7 Å². The van der Waals surface area contributed by atoms with E-state index in [4.69, 9.17) is 5.11 Å². The summed E-state index contributed by atoms with van der Waals surface area (Å²) in [5.74, 6) is -1.12. The van der Waals surface area contributed by atoms with Gasteiger partial charge in [0.15, 0.2) is 0 Å². The number of aromatic nitrogens is 1. The van der Waals surface area contributed by atoms with E-state index in [1.54, 1.807) is 7.05 Å². The van der Waals surface area contributed by atoms with Gasteiger partial charge in [-0.2, -0.15) is 4.37 Å². The third-order valence-corrected chi connectivity index (χ3v) is 4.68. The van der Waals surface area contributed by atoms with E-state index in [9.17, 15) is 9.59 Å². The van der Waals surface area contributed by atoms with Crippen molar-refractivity contribution in [2.75, 3.05) is 12.4 Å². The number of rotatable bonds is 4. The van der Waals surface area contributed by atoms with Gasteiger partial charge in [0.2, 0.25) is 0 Å². The van der Waals surface area contributed by atoms with Crippen LogP contribution in [0.2, 0.25) is 0 Å². The SMILES string of the molecule is CNc1snc(C)c1C(=O)NC1CCC(C(=O)O)CC1. The number of nitrogens with zero attached hydrogens (tertiary/aromatic N) is 1. The van der Waals surface area contributed by atoms with E-state index in [1.807, 2.05) is 6.92 Å². The zero-order valence-corrected chi connectivity index (χ0v) is 12.4. The molecule has 1 aromatic heterocycles. The Bertz CT molecular complexity index is 507. The van der Waals surface area contributed by atoms with Crippen LogP contribution in [0.1, 0.15) is 41.7 Å². The summed E-state index contributed by atoms with van der Waals surface area (Å²) in [4.78, 5) is 23.2.